The normalized spacial score (nSPS) is 15.6. The predicted molar refractivity (Wildman–Crippen MR) is 92.6 cm³/mol. The van der Waals surface area contributed by atoms with Gasteiger partial charge in [0, 0.05) is 14.9 Å². The first-order valence-corrected chi connectivity index (χ1v) is 8.72. The van der Waals surface area contributed by atoms with Crippen molar-refractivity contribution in [1.29, 1.82) is 0 Å². The largest absolute Gasteiger partial charge is 0.493 e. The molecule has 3 rings (SSSR count). The number of hydrogen-bond donors (Lipinski definition) is 0. The van der Waals surface area contributed by atoms with E-state index in [0.717, 1.165) is 25.4 Å². The standard InChI is InChI=1S/C15H13BrF2N4OS/c1-3-23-11-5-4-10(16)6-9(11)7-12-8(2)21-22-14(13(17)18)19-20-15(22)24-12/h4-7,13H,3H2,1-2H3/b12-7-. The lowest BCUT2D eigenvalue weighted by Crippen LogP contribution is -2.09. The number of fused-ring (bicyclic) bond motifs is 1. The number of benzene rings is 1. The molecule has 0 saturated carbocycles. The molecule has 5 nitrogen and oxygen atoms in total. The van der Waals surface area contributed by atoms with Crippen molar-refractivity contribution in [3.63, 3.8) is 0 Å². The van der Waals surface area contributed by atoms with Crippen LogP contribution in [-0.2, 0) is 0 Å². The molecule has 0 fully saturated rings. The summed E-state index contributed by atoms with van der Waals surface area (Å²) < 4.78 is 33.4. The maximum atomic E-state index is 12.9. The zero-order valence-electron chi connectivity index (χ0n) is 12.8. The van der Waals surface area contributed by atoms with Crippen molar-refractivity contribution in [1.82, 2.24) is 14.9 Å². The first-order valence-electron chi connectivity index (χ1n) is 7.11. The van der Waals surface area contributed by atoms with Crippen molar-refractivity contribution >= 4 is 39.5 Å². The summed E-state index contributed by atoms with van der Waals surface area (Å²) in [4.78, 5) is 0.801. The topological polar surface area (TPSA) is 52.3 Å². The third-order valence-electron chi connectivity index (χ3n) is 3.20. The second-order valence-electron chi connectivity index (χ2n) is 4.86. The second-order valence-corrected chi connectivity index (χ2v) is 6.79. The summed E-state index contributed by atoms with van der Waals surface area (Å²) in [5.41, 5.74) is 1.47. The Hall–Kier alpha value is -1.74. The fourth-order valence-electron chi connectivity index (χ4n) is 2.14. The van der Waals surface area contributed by atoms with E-state index in [-0.39, 0.29) is 0 Å². The Morgan fingerprint density at radius 2 is 2.17 bits per heavy atom. The van der Waals surface area contributed by atoms with Gasteiger partial charge in [-0.3, -0.25) is 0 Å². The summed E-state index contributed by atoms with van der Waals surface area (Å²) in [5, 5.41) is 11.8. The van der Waals surface area contributed by atoms with Gasteiger partial charge in [-0.1, -0.05) is 15.9 Å². The van der Waals surface area contributed by atoms with Gasteiger partial charge in [0.25, 0.3) is 6.43 Å². The quantitative estimate of drug-likeness (QED) is 0.724. The van der Waals surface area contributed by atoms with E-state index in [9.17, 15) is 8.78 Å². The fraction of sp³-hybridized carbons (Fsp3) is 0.267. The zero-order chi connectivity index (χ0) is 17.3. The highest BCUT2D eigenvalue weighted by Gasteiger charge is 2.25. The van der Waals surface area contributed by atoms with E-state index in [1.54, 1.807) is 6.92 Å². The van der Waals surface area contributed by atoms with Gasteiger partial charge in [-0.15, -0.1) is 10.2 Å². The van der Waals surface area contributed by atoms with Crippen LogP contribution in [0.2, 0.25) is 0 Å². The van der Waals surface area contributed by atoms with Gasteiger partial charge < -0.3 is 4.74 Å². The number of rotatable bonds is 4. The lowest BCUT2D eigenvalue weighted by Gasteiger charge is -2.15. The average molecular weight is 415 g/mol. The Kier molecular flexibility index (Phi) is 5.00. The van der Waals surface area contributed by atoms with Gasteiger partial charge in [-0.05, 0) is 49.9 Å². The van der Waals surface area contributed by atoms with Gasteiger partial charge >= 0.3 is 0 Å². The number of aromatic nitrogens is 3. The van der Waals surface area contributed by atoms with Gasteiger partial charge in [0.15, 0.2) is 0 Å². The molecule has 2 heterocycles. The van der Waals surface area contributed by atoms with Crippen LogP contribution < -0.4 is 4.74 Å². The maximum absolute atomic E-state index is 12.9. The molecule has 126 valence electrons. The van der Waals surface area contributed by atoms with E-state index in [0.29, 0.717) is 17.5 Å². The monoisotopic (exact) mass is 414 g/mol. The number of hydrogen-bond acceptors (Lipinski definition) is 5. The minimum Gasteiger partial charge on any atom is -0.493 e. The van der Waals surface area contributed by atoms with Crippen LogP contribution in [0.1, 0.15) is 31.7 Å². The number of alkyl halides is 2. The summed E-state index contributed by atoms with van der Waals surface area (Å²) in [6, 6.07) is 5.70. The Balaban J connectivity index is 2.00. The third-order valence-corrected chi connectivity index (χ3v) is 4.76. The van der Waals surface area contributed by atoms with Crippen LogP contribution in [0, 0.1) is 0 Å². The molecule has 0 amide bonds. The molecule has 0 radical (unpaired) electrons. The smallest absolute Gasteiger partial charge is 0.299 e. The van der Waals surface area contributed by atoms with Crippen molar-refractivity contribution in [2.24, 2.45) is 5.10 Å². The van der Waals surface area contributed by atoms with E-state index >= 15 is 0 Å². The van der Waals surface area contributed by atoms with Crippen LogP contribution in [0.3, 0.4) is 0 Å². The molecule has 0 spiro atoms. The highest BCUT2D eigenvalue weighted by molar-refractivity contribution is 9.10. The van der Waals surface area contributed by atoms with Gasteiger partial charge in [-0.25, -0.2) is 8.78 Å². The molecule has 9 heteroatoms. The first-order chi connectivity index (χ1) is 11.5. The van der Waals surface area contributed by atoms with E-state index < -0.39 is 12.2 Å². The van der Waals surface area contributed by atoms with Crippen LogP contribution in [0.4, 0.5) is 8.78 Å². The molecule has 0 atom stereocenters. The number of allylic oxidation sites excluding steroid dienone is 1. The Morgan fingerprint density at radius 1 is 1.38 bits per heavy atom. The Labute approximate surface area is 149 Å². The van der Waals surface area contributed by atoms with Gasteiger partial charge in [-0.2, -0.15) is 9.78 Å². The fourth-order valence-corrected chi connectivity index (χ4v) is 3.39. The summed E-state index contributed by atoms with van der Waals surface area (Å²) in [7, 11) is 0. The van der Waals surface area contributed by atoms with Crippen LogP contribution in [-0.4, -0.2) is 27.2 Å². The molecule has 0 N–H and O–H groups in total. The molecule has 0 bridgehead atoms. The summed E-state index contributed by atoms with van der Waals surface area (Å²) in [6.07, 6.45) is -0.817. The minimum absolute atomic E-state index is 0.315. The highest BCUT2D eigenvalue weighted by Crippen LogP contribution is 2.36. The van der Waals surface area contributed by atoms with Gasteiger partial charge in [0.05, 0.1) is 12.3 Å². The second kappa shape index (κ2) is 7.02. The minimum atomic E-state index is -2.72. The number of ether oxygens (including phenoxy) is 1. The van der Waals surface area contributed by atoms with Crippen LogP contribution >= 0.6 is 27.7 Å². The van der Waals surface area contributed by atoms with E-state index in [1.165, 1.54) is 11.8 Å². The van der Waals surface area contributed by atoms with E-state index in [1.807, 2.05) is 31.2 Å². The van der Waals surface area contributed by atoms with Crippen LogP contribution in [0.15, 0.2) is 37.8 Å². The zero-order valence-corrected chi connectivity index (χ0v) is 15.2. The lowest BCUT2D eigenvalue weighted by atomic mass is 10.1. The molecule has 1 aliphatic rings. The first kappa shape index (κ1) is 17.1. The lowest BCUT2D eigenvalue weighted by molar-refractivity contribution is 0.135. The number of halogens is 3. The summed E-state index contributed by atoms with van der Waals surface area (Å²) in [6.45, 7) is 4.22. The molecule has 24 heavy (non-hydrogen) atoms. The molecular weight excluding hydrogens is 402 g/mol. The number of thioether (sulfide) groups is 1. The van der Waals surface area contributed by atoms with Gasteiger partial charge in [0.1, 0.15) is 5.75 Å². The number of nitrogens with zero attached hydrogens (tertiary/aromatic N) is 4. The third kappa shape index (κ3) is 3.36. The SMILES string of the molecule is CCOc1ccc(Br)cc1/C=C1\Sc2nnc(C(F)F)n2N=C1C. The van der Waals surface area contributed by atoms with Crippen molar-refractivity contribution in [2.75, 3.05) is 6.61 Å². The van der Waals surface area contributed by atoms with Crippen LogP contribution in [0.5, 0.6) is 5.75 Å². The summed E-state index contributed by atoms with van der Waals surface area (Å²) in [5.74, 6) is 0.287. The Bertz CT molecular complexity index is 835. The van der Waals surface area contributed by atoms with Crippen molar-refractivity contribution in [2.45, 2.75) is 25.4 Å². The van der Waals surface area contributed by atoms with Crippen molar-refractivity contribution in [3.8, 4) is 5.75 Å². The molecule has 1 aromatic heterocycles. The molecule has 1 aromatic carbocycles. The average Bonchev–Trinajstić information content (AvgIpc) is 2.93. The Morgan fingerprint density at radius 3 is 2.88 bits per heavy atom. The van der Waals surface area contributed by atoms with Gasteiger partial charge in [0.2, 0.25) is 11.0 Å². The molecule has 0 aliphatic carbocycles. The highest BCUT2D eigenvalue weighted by atomic mass is 79.9. The molecule has 0 unspecified atom stereocenters. The molecule has 2 aromatic rings. The maximum Gasteiger partial charge on any atom is 0.299 e. The molecule has 1 aliphatic heterocycles. The van der Waals surface area contributed by atoms with Crippen LogP contribution in [0.25, 0.3) is 6.08 Å². The summed E-state index contributed by atoms with van der Waals surface area (Å²) >= 11 is 4.69. The van der Waals surface area contributed by atoms with Crippen molar-refractivity contribution < 1.29 is 13.5 Å². The predicted octanol–water partition coefficient (Wildman–Crippen LogP) is 4.75. The van der Waals surface area contributed by atoms with E-state index in [4.69, 9.17) is 4.74 Å². The molecule has 0 saturated heterocycles. The van der Waals surface area contributed by atoms with Crippen molar-refractivity contribution in [3.05, 3.63) is 39.0 Å². The molecular formula is C15H13BrF2N4OS. The van der Waals surface area contributed by atoms with E-state index in [2.05, 4.69) is 31.2 Å².